The minimum atomic E-state index is -1.41. The lowest BCUT2D eigenvalue weighted by Crippen LogP contribution is -2.54. The molecule has 1 aliphatic rings. The lowest BCUT2D eigenvalue weighted by atomic mass is 9.82. The Morgan fingerprint density at radius 3 is 2.76 bits per heavy atom. The fraction of sp³-hybridized carbons (Fsp3) is 0.421. The van der Waals surface area contributed by atoms with Gasteiger partial charge in [0, 0.05) is 29.5 Å². The second-order valence-electron chi connectivity index (χ2n) is 7.32. The summed E-state index contributed by atoms with van der Waals surface area (Å²) in [6.45, 7) is 7.88. The van der Waals surface area contributed by atoms with Crippen molar-refractivity contribution in [3.05, 3.63) is 59.2 Å². The molecule has 0 bridgehead atoms. The zero-order chi connectivity index (χ0) is 18.2. The summed E-state index contributed by atoms with van der Waals surface area (Å²) in [5.41, 5.74) is 0.854. The van der Waals surface area contributed by atoms with Gasteiger partial charge in [0.2, 0.25) is 0 Å². The summed E-state index contributed by atoms with van der Waals surface area (Å²) in [6.07, 6.45) is 2.09. The van der Waals surface area contributed by atoms with E-state index >= 15 is 0 Å². The zero-order valence-corrected chi connectivity index (χ0v) is 15.7. The molecular weight excluding hydrogens is 339 g/mol. The van der Waals surface area contributed by atoms with Crippen molar-refractivity contribution in [3.8, 4) is 5.75 Å². The van der Waals surface area contributed by atoms with Gasteiger partial charge in [-0.2, -0.15) is 0 Å². The molecule has 0 saturated carbocycles. The van der Waals surface area contributed by atoms with E-state index in [1.165, 1.54) is 6.07 Å². The van der Waals surface area contributed by atoms with Gasteiger partial charge < -0.3 is 9.29 Å². The van der Waals surface area contributed by atoms with E-state index in [1.807, 2.05) is 39.8 Å². The molecule has 1 aromatic carbocycles. The zero-order valence-electron chi connectivity index (χ0n) is 14.9. The number of nitrogens with one attached hydrogen (secondary N) is 1. The van der Waals surface area contributed by atoms with Crippen molar-refractivity contribution in [1.82, 2.24) is 9.71 Å². The van der Waals surface area contributed by atoms with Crippen LogP contribution in [0.1, 0.15) is 44.0 Å². The Morgan fingerprint density at radius 2 is 2.08 bits per heavy atom. The van der Waals surface area contributed by atoms with Crippen molar-refractivity contribution in [2.75, 3.05) is 6.61 Å². The summed E-state index contributed by atoms with van der Waals surface area (Å²) in [5, 5.41) is 0. The molecule has 1 aliphatic heterocycles. The maximum atomic E-state index is 14.9. The maximum absolute atomic E-state index is 14.9. The van der Waals surface area contributed by atoms with Gasteiger partial charge in [0.25, 0.3) is 0 Å². The average Bonchev–Trinajstić information content (AvgIpc) is 2.54. The van der Waals surface area contributed by atoms with Crippen LogP contribution in [0.25, 0.3) is 0 Å². The van der Waals surface area contributed by atoms with Gasteiger partial charge in [-0.25, -0.2) is 4.39 Å². The summed E-state index contributed by atoms with van der Waals surface area (Å²) >= 11 is -1.41. The van der Waals surface area contributed by atoms with Crippen LogP contribution in [0.3, 0.4) is 0 Å². The minimum Gasteiger partial charge on any atom is -0.598 e. The molecule has 0 unspecified atom stereocenters. The van der Waals surface area contributed by atoms with Gasteiger partial charge in [-0.15, -0.1) is 4.72 Å². The highest BCUT2D eigenvalue weighted by atomic mass is 32.2. The van der Waals surface area contributed by atoms with Gasteiger partial charge in [0.15, 0.2) is 0 Å². The van der Waals surface area contributed by atoms with Crippen LogP contribution in [-0.4, -0.2) is 20.9 Å². The van der Waals surface area contributed by atoms with Crippen LogP contribution in [0.4, 0.5) is 4.39 Å². The number of nitrogens with zero attached hydrogens (tertiary/aromatic N) is 1. The predicted octanol–water partition coefficient (Wildman–Crippen LogP) is 3.61. The third-order valence-corrected chi connectivity index (χ3v) is 5.96. The molecule has 4 nitrogen and oxygen atoms in total. The van der Waals surface area contributed by atoms with Crippen LogP contribution in [0.2, 0.25) is 0 Å². The van der Waals surface area contributed by atoms with Gasteiger partial charge in [-0.1, -0.05) is 12.1 Å². The van der Waals surface area contributed by atoms with Crippen molar-refractivity contribution >= 4 is 11.4 Å². The van der Waals surface area contributed by atoms with E-state index in [0.717, 1.165) is 5.56 Å². The summed E-state index contributed by atoms with van der Waals surface area (Å²) < 4.78 is 36.2. The number of rotatable bonds is 3. The molecule has 0 fully saturated rings. The quantitative estimate of drug-likeness (QED) is 0.848. The molecule has 0 spiro atoms. The highest BCUT2D eigenvalue weighted by molar-refractivity contribution is 7.90. The molecule has 0 aliphatic carbocycles. The molecule has 25 heavy (non-hydrogen) atoms. The van der Waals surface area contributed by atoms with Crippen LogP contribution in [0.15, 0.2) is 36.5 Å². The Hall–Kier alpha value is -1.63. The van der Waals surface area contributed by atoms with Gasteiger partial charge >= 0.3 is 0 Å². The molecule has 2 heterocycles. The topological polar surface area (TPSA) is 57.2 Å². The maximum Gasteiger partial charge on any atom is 0.143 e. The van der Waals surface area contributed by atoms with Crippen LogP contribution in [0.5, 0.6) is 5.75 Å². The first-order valence-electron chi connectivity index (χ1n) is 8.29. The lowest BCUT2D eigenvalue weighted by Gasteiger charge is -2.40. The Morgan fingerprint density at radius 1 is 1.32 bits per heavy atom. The molecular formula is C19H23FN2O2S. The second kappa shape index (κ2) is 6.59. The van der Waals surface area contributed by atoms with Crippen molar-refractivity contribution in [3.63, 3.8) is 0 Å². The molecule has 1 N–H and O–H groups in total. The molecule has 2 aromatic rings. The largest absolute Gasteiger partial charge is 0.598 e. The monoisotopic (exact) mass is 362 g/mol. The van der Waals surface area contributed by atoms with E-state index < -0.39 is 21.6 Å². The average molecular weight is 362 g/mol. The fourth-order valence-electron chi connectivity index (χ4n) is 2.95. The molecule has 0 amide bonds. The van der Waals surface area contributed by atoms with Crippen molar-refractivity contribution < 1.29 is 13.7 Å². The number of aromatic nitrogens is 1. The Labute approximate surface area is 151 Å². The number of benzene rings is 1. The van der Waals surface area contributed by atoms with E-state index in [9.17, 15) is 8.94 Å². The number of ether oxygens (including phenoxy) is 1. The third kappa shape index (κ3) is 3.38. The predicted molar refractivity (Wildman–Crippen MR) is 97.3 cm³/mol. The van der Waals surface area contributed by atoms with E-state index in [-0.39, 0.29) is 5.82 Å². The molecule has 134 valence electrons. The smallest absolute Gasteiger partial charge is 0.143 e. The minimum absolute atomic E-state index is 0.336. The molecule has 1 aromatic heterocycles. The van der Waals surface area contributed by atoms with Crippen LogP contribution < -0.4 is 9.46 Å². The van der Waals surface area contributed by atoms with Gasteiger partial charge in [-0.05, 0) is 51.5 Å². The molecule has 0 radical (unpaired) electrons. The highest BCUT2D eigenvalue weighted by Gasteiger charge is 2.48. The molecule has 2 atom stereocenters. The number of halogens is 1. The first-order chi connectivity index (χ1) is 11.7. The van der Waals surface area contributed by atoms with Crippen molar-refractivity contribution in [2.24, 2.45) is 0 Å². The van der Waals surface area contributed by atoms with Gasteiger partial charge in [-0.3, -0.25) is 4.98 Å². The summed E-state index contributed by atoms with van der Waals surface area (Å²) in [4.78, 5) is 4.46. The second-order valence-corrected chi connectivity index (χ2v) is 9.29. The van der Waals surface area contributed by atoms with Crippen molar-refractivity contribution in [1.29, 1.82) is 0 Å². The summed E-state index contributed by atoms with van der Waals surface area (Å²) in [6, 6.07) is 8.70. The molecule has 0 saturated heterocycles. The van der Waals surface area contributed by atoms with Crippen LogP contribution >= 0.6 is 0 Å². The number of hydrogen-bond acceptors (Lipinski definition) is 4. The number of pyridine rings is 1. The Kier molecular flexibility index (Phi) is 4.79. The van der Waals surface area contributed by atoms with E-state index in [0.29, 0.717) is 30.0 Å². The van der Waals surface area contributed by atoms with Crippen molar-refractivity contribution in [2.45, 2.75) is 44.4 Å². The number of aryl methyl sites for hydroxylation is 1. The number of hydrogen-bond donors (Lipinski definition) is 1. The summed E-state index contributed by atoms with van der Waals surface area (Å²) in [7, 11) is 0. The van der Waals surface area contributed by atoms with E-state index in [2.05, 4.69) is 9.71 Å². The Bertz CT molecular complexity index is 778. The van der Waals surface area contributed by atoms with Crippen LogP contribution in [-0.2, 0) is 16.9 Å². The van der Waals surface area contributed by atoms with Gasteiger partial charge in [0.1, 0.15) is 27.5 Å². The highest BCUT2D eigenvalue weighted by Crippen LogP contribution is 2.42. The first-order valence-corrected chi connectivity index (χ1v) is 9.44. The fourth-order valence-corrected chi connectivity index (χ4v) is 3.89. The third-order valence-electron chi connectivity index (χ3n) is 4.32. The normalized spacial score (nSPS) is 21.4. The first kappa shape index (κ1) is 18.2. The molecule has 3 rings (SSSR count). The molecule has 6 heteroatoms. The Balaban J connectivity index is 2.20. The standard InChI is InChI=1S/C19H23FN2O2S/c1-13-7-8-14(15(20)12-13)19(22-25(23)18(2,3)4)9-11-24-16-6-5-10-21-17(16)19/h5-8,10,12,22H,9,11H2,1-4H3/t19-,25-/m0/s1. The van der Waals surface area contributed by atoms with Gasteiger partial charge in [0.05, 0.1) is 6.61 Å². The lowest BCUT2D eigenvalue weighted by molar-refractivity contribution is 0.218. The summed E-state index contributed by atoms with van der Waals surface area (Å²) in [5.74, 6) is 0.254. The van der Waals surface area contributed by atoms with E-state index in [1.54, 1.807) is 18.3 Å². The van der Waals surface area contributed by atoms with Crippen LogP contribution in [0, 0.1) is 12.7 Å². The SMILES string of the molecule is Cc1ccc([C@@]2(N[S@@+]([O-])C(C)(C)C)CCOc3cccnc32)c(F)c1. The van der Waals surface area contributed by atoms with E-state index in [4.69, 9.17) is 4.74 Å². The number of fused-ring (bicyclic) bond motifs is 1.